The van der Waals surface area contributed by atoms with Crippen molar-refractivity contribution in [3.8, 4) is 6.07 Å². The number of anilines is 1. The lowest BCUT2D eigenvalue weighted by Gasteiger charge is -2.34. The largest absolute Gasteiger partial charge is 0.329 e. The zero-order valence-corrected chi connectivity index (χ0v) is 18.0. The SMILES string of the molecule is Cl.N#Cc1ccc(Cn2cncc2CN2CC(=O)N(c3cccc(Cl)c3)CC2=O)cc1. The molecule has 0 spiro atoms. The molecule has 2 aromatic carbocycles. The minimum atomic E-state index is -0.157. The third-order valence-electron chi connectivity index (χ3n) is 4.98. The van der Waals surface area contributed by atoms with Crippen molar-refractivity contribution in [2.75, 3.05) is 18.0 Å². The number of benzene rings is 2. The maximum absolute atomic E-state index is 12.7. The van der Waals surface area contributed by atoms with Gasteiger partial charge in [0.25, 0.3) is 0 Å². The van der Waals surface area contributed by atoms with Crippen LogP contribution in [0.4, 0.5) is 5.69 Å². The summed E-state index contributed by atoms with van der Waals surface area (Å²) in [6, 6.07) is 16.3. The highest BCUT2D eigenvalue weighted by molar-refractivity contribution is 6.31. The second-order valence-corrected chi connectivity index (χ2v) is 7.47. The first-order valence-electron chi connectivity index (χ1n) is 9.35. The van der Waals surface area contributed by atoms with Crippen LogP contribution >= 0.6 is 24.0 Å². The van der Waals surface area contributed by atoms with E-state index in [9.17, 15) is 9.59 Å². The first kappa shape index (κ1) is 22.3. The molecule has 0 N–H and O–H groups in total. The molecule has 2 amide bonds. The van der Waals surface area contributed by atoms with Crippen molar-refractivity contribution in [1.82, 2.24) is 14.5 Å². The van der Waals surface area contributed by atoms with Crippen LogP contribution in [-0.4, -0.2) is 39.4 Å². The predicted octanol–water partition coefficient (Wildman–Crippen LogP) is 3.25. The fourth-order valence-corrected chi connectivity index (χ4v) is 3.57. The summed E-state index contributed by atoms with van der Waals surface area (Å²) in [5, 5.41) is 9.44. The summed E-state index contributed by atoms with van der Waals surface area (Å²) in [6.45, 7) is 0.826. The fraction of sp³-hybridized carbons (Fsp3) is 0.182. The molecule has 0 bridgehead atoms. The molecular formula is C22H19Cl2N5O2. The number of nitriles is 1. The van der Waals surface area contributed by atoms with Crippen LogP contribution < -0.4 is 4.90 Å². The normalized spacial score (nSPS) is 13.7. The van der Waals surface area contributed by atoms with Gasteiger partial charge in [0.05, 0.1) is 30.2 Å². The average Bonchev–Trinajstić information content (AvgIpc) is 3.17. The van der Waals surface area contributed by atoms with E-state index in [1.807, 2.05) is 16.7 Å². The lowest BCUT2D eigenvalue weighted by Crippen LogP contribution is -2.53. The molecule has 0 saturated carbocycles. The van der Waals surface area contributed by atoms with Gasteiger partial charge in [-0.1, -0.05) is 29.8 Å². The molecule has 0 atom stereocenters. The van der Waals surface area contributed by atoms with E-state index in [4.69, 9.17) is 16.9 Å². The highest BCUT2D eigenvalue weighted by Crippen LogP contribution is 2.22. The van der Waals surface area contributed by atoms with Crippen molar-refractivity contribution in [2.24, 2.45) is 0 Å². The Morgan fingerprint density at radius 1 is 1.03 bits per heavy atom. The molecule has 0 unspecified atom stereocenters. The number of piperazine rings is 1. The molecule has 31 heavy (non-hydrogen) atoms. The molecule has 4 rings (SSSR count). The molecule has 1 aliphatic heterocycles. The average molecular weight is 456 g/mol. The minimum absolute atomic E-state index is 0. The van der Waals surface area contributed by atoms with Gasteiger partial charge in [-0.15, -0.1) is 12.4 Å². The summed E-state index contributed by atoms with van der Waals surface area (Å²) < 4.78 is 1.93. The Hall–Kier alpha value is -3.34. The molecule has 1 fully saturated rings. The molecule has 158 valence electrons. The van der Waals surface area contributed by atoms with Crippen LogP contribution in [0.1, 0.15) is 16.8 Å². The number of halogens is 2. The third kappa shape index (κ3) is 5.05. The molecule has 1 saturated heterocycles. The molecule has 1 aliphatic rings. The highest BCUT2D eigenvalue weighted by Gasteiger charge is 2.31. The fourth-order valence-electron chi connectivity index (χ4n) is 3.38. The number of hydrogen-bond acceptors (Lipinski definition) is 4. The van der Waals surface area contributed by atoms with Crippen molar-refractivity contribution in [3.05, 3.63) is 82.9 Å². The van der Waals surface area contributed by atoms with Crippen LogP contribution in [0.15, 0.2) is 61.1 Å². The lowest BCUT2D eigenvalue weighted by molar-refractivity contribution is -0.139. The van der Waals surface area contributed by atoms with Gasteiger partial charge in [-0.2, -0.15) is 5.26 Å². The van der Waals surface area contributed by atoms with Gasteiger partial charge in [0.1, 0.15) is 13.1 Å². The summed E-state index contributed by atoms with van der Waals surface area (Å²) >= 11 is 6.01. The maximum atomic E-state index is 12.7. The predicted molar refractivity (Wildman–Crippen MR) is 119 cm³/mol. The van der Waals surface area contributed by atoms with Crippen molar-refractivity contribution in [2.45, 2.75) is 13.1 Å². The molecule has 7 nitrogen and oxygen atoms in total. The molecular weight excluding hydrogens is 437 g/mol. The Bertz CT molecular complexity index is 1140. The van der Waals surface area contributed by atoms with Gasteiger partial charge in [-0.25, -0.2) is 4.98 Å². The second-order valence-electron chi connectivity index (χ2n) is 7.03. The van der Waals surface area contributed by atoms with E-state index in [0.29, 0.717) is 29.4 Å². The number of aromatic nitrogens is 2. The molecule has 2 heterocycles. The number of amides is 2. The van der Waals surface area contributed by atoms with Crippen molar-refractivity contribution in [1.29, 1.82) is 5.26 Å². The monoisotopic (exact) mass is 455 g/mol. The van der Waals surface area contributed by atoms with Crippen LogP contribution in [0.5, 0.6) is 0 Å². The van der Waals surface area contributed by atoms with Crippen LogP contribution in [-0.2, 0) is 22.7 Å². The van der Waals surface area contributed by atoms with Crippen molar-refractivity contribution >= 4 is 41.5 Å². The van der Waals surface area contributed by atoms with Crippen molar-refractivity contribution in [3.63, 3.8) is 0 Å². The first-order valence-corrected chi connectivity index (χ1v) is 9.73. The molecule has 9 heteroatoms. The number of imidazole rings is 1. The Kier molecular flexibility index (Phi) is 6.95. The smallest absolute Gasteiger partial charge is 0.247 e. The number of carbonyl (C=O) groups is 2. The van der Waals surface area contributed by atoms with E-state index in [1.165, 1.54) is 9.80 Å². The van der Waals surface area contributed by atoms with Gasteiger partial charge >= 0.3 is 0 Å². The molecule has 0 radical (unpaired) electrons. The summed E-state index contributed by atoms with van der Waals surface area (Å²) in [5.41, 5.74) is 3.07. The van der Waals surface area contributed by atoms with Crippen LogP contribution in [0.2, 0.25) is 5.02 Å². The zero-order valence-electron chi connectivity index (χ0n) is 16.4. The Morgan fingerprint density at radius 2 is 1.81 bits per heavy atom. The third-order valence-corrected chi connectivity index (χ3v) is 5.22. The second kappa shape index (κ2) is 9.65. The van der Waals surface area contributed by atoms with Crippen LogP contribution in [0.3, 0.4) is 0 Å². The molecule has 1 aromatic heterocycles. The van der Waals surface area contributed by atoms with Crippen LogP contribution in [0, 0.1) is 11.3 Å². The Labute approximate surface area is 190 Å². The zero-order chi connectivity index (χ0) is 21.1. The number of rotatable bonds is 5. The standard InChI is InChI=1S/C22H18ClN5O2.ClH/c23-18-2-1-3-19(8-18)28-14-21(29)26(13-22(28)30)12-20-10-25-15-27(20)11-17-6-4-16(9-24)5-7-17;/h1-8,10,15H,11-14H2;1H. The minimum Gasteiger partial charge on any atom is -0.329 e. The molecule has 0 aliphatic carbocycles. The highest BCUT2D eigenvalue weighted by atomic mass is 35.5. The van der Waals surface area contributed by atoms with Gasteiger partial charge in [0.2, 0.25) is 11.8 Å². The summed E-state index contributed by atoms with van der Waals surface area (Å²) in [4.78, 5) is 32.6. The van der Waals surface area contributed by atoms with Gasteiger partial charge in [0.15, 0.2) is 0 Å². The van der Waals surface area contributed by atoms with E-state index in [2.05, 4.69) is 11.1 Å². The lowest BCUT2D eigenvalue weighted by atomic mass is 10.1. The topological polar surface area (TPSA) is 82.2 Å². The maximum Gasteiger partial charge on any atom is 0.247 e. The molecule has 3 aromatic rings. The van der Waals surface area contributed by atoms with E-state index >= 15 is 0 Å². The summed E-state index contributed by atoms with van der Waals surface area (Å²) in [7, 11) is 0. The van der Waals surface area contributed by atoms with Gasteiger partial charge in [0, 0.05) is 23.5 Å². The van der Waals surface area contributed by atoms with Crippen molar-refractivity contribution < 1.29 is 9.59 Å². The van der Waals surface area contributed by atoms with E-state index in [-0.39, 0.29) is 37.3 Å². The van der Waals surface area contributed by atoms with Crippen LogP contribution in [0.25, 0.3) is 0 Å². The Balaban J connectivity index is 0.00000272. The van der Waals surface area contributed by atoms with Gasteiger partial charge in [-0.05, 0) is 35.9 Å². The quantitative estimate of drug-likeness (QED) is 0.590. The van der Waals surface area contributed by atoms with E-state index in [0.717, 1.165) is 11.3 Å². The van der Waals surface area contributed by atoms with Gasteiger partial charge < -0.3 is 14.4 Å². The number of hydrogen-bond donors (Lipinski definition) is 0. The van der Waals surface area contributed by atoms with E-state index in [1.54, 1.807) is 48.9 Å². The summed E-state index contributed by atoms with van der Waals surface area (Å²) in [5.74, 6) is -0.296. The first-order chi connectivity index (χ1) is 14.5. The Morgan fingerprint density at radius 3 is 2.52 bits per heavy atom. The van der Waals surface area contributed by atoms with Gasteiger partial charge in [-0.3, -0.25) is 9.59 Å². The number of carbonyl (C=O) groups excluding carboxylic acids is 2. The summed E-state index contributed by atoms with van der Waals surface area (Å²) in [6.07, 6.45) is 3.40. The van der Waals surface area contributed by atoms with E-state index < -0.39 is 0 Å². The number of nitrogens with zero attached hydrogens (tertiary/aromatic N) is 5.